The summed E-state index contributed by atoms with van der Waals surface area (Å²) in [6, 6.07) is 24.9. The fourth-order valence-electron chi connectivity index (χ4n) is 2.53. The van der Waals surface area contributed by atoms with E-state index in [2.05, 4.69) is 33.1 Å². The molecular weight excluding hydrogens is 463 g/mol. The Hall–Kier alpha value is -2.93. The second-order valence-corrected chi connectivity index (χ2v) is 7.06. The molecule has 1 amide bonds. The minimum atomic E-state index is -0.276. The van der Waals surface area contributed by atoms with Crippen LogP contribution in [-0.4, -0.2) is 18.7 Å². The predicted octanol–water partition coefficient (Wildman–Crippen LogP) is 5.15. The second kappa shape index (κ2) is 9.85. The number of halogens is 1. The standard InChI is InChI=1S/C23H19IN2O2/c1-28-22-15-13-19(16-20(22)24)23(27)26-25-21(18-10-6-3-7-11-18)14-12-17-8-4-2-5-9-17/h2-16H,1H3,(H,26,27)/b14-12+,25-21-. The number of carbonyl (C=O) groups excluding carboxylic acids is 1. The van der Waals surface area contributed by atoms with Gasteiger partial charge < -0.3 is 4.74 Å². The SMILES string of the molecule is COc1ccc(C(=O)N/N=C(/C=C/c2ccccc2)c2ccccc2)cc1I. The lowest BCUT2D eigenvalue weighted by Gasteiger charge is -2.07. The molecule has 0 atom stereocenters. The van der Waals surface area contributed by atoms with E-state index in [4.69, 9.17) is 4.74 Å². The van der Waals surface area contributed by atoms with Crippen LogP contribution in [0.1, 0.15) is 21.5 Å². The Bertz CT molecular complexity index is 1000. The number of hydrogen-bond donors (Lipinski definition) is 1. The van der Waals surface area contributed by atoms with Crippen molar-refractivity contribution in [2.24, 2.45) is 5.10 Å². The first-order chi connectivity index (χ1) is 13.7. The molecule has 0 radical (unpaired) electrons. The van der Waals surface area contributed by atoms with Gasteiger partial charge in [0.25, 0.3) is 5.91 Å². The monoisotopic (exact) mass is 482 g/mol. The lowest BCUT2D eigenvalue weighted by Crippen LogP contribution is -2.19. The van der Waals surface area contributed by atoms with Gasteiger partial charge in [0.2, 0.25) is 0 Å². The predicted molar refractivity (Wildman–Crippen MR) is 122 cm³/mol. The van der Waals surface area contributed by atoms with E-state index in [0.29, 0.717) is 11.3 Å². The van der Waals surface area contributed by atoms with Crippen LogP contribution in [0.15, 0.2) is 90.0 Å². The number of hydrazone groups is 1. The van der Waals surface area contributed by atoms with Gasteiger partial charge in [-0.15, -0.1) is 0 Å². The van der Waals surface area contributed by atoms with Crippen LogP contribution in [0.25, 0.3) is 6.08 Å². The number of benzene rings is 3. The first-order valence-corrected chi connectivity index (χ1v) is 9.75. The van der Waals surface area contributed by atoms with Crippen LogP contribution in [0.4, 0.5) is 0 Å². The Labute approximate surface area is 178 Å². The Morgan fingerprint density at radius 1 is 0.964 bits per heavy atom. The fraction of sp³-hybridized carbons (Fsp3) is 0.0435. The zero-order chi connectivity index (χ0) is 19.8. The average Bonchev–Trinajstić information content (AvgIpc) is 2.75. The van der Waals surface area contributed by atoms with Crippen molar-refractivity contribution in [3.8, 4) is 5.75 Å². The molecule has 0 spiro atoms. The van der Waals surface area contributed by atoms with Crippen molar-refractivity contribution in [3.05, 3.63) is 105 Å². The molecule has 3 aromatic carbocycles. The molecule has 0 saturated heterocycles. The van der Waals surface area contributed by atoms with Crippen molar-refractivity contribution < 1.29 is 9.53 Å². The van der Waals surface area contributed by atoms with Gasteiger partial charge in [0, 0.05) is 11.1 Å². The van der Waals surface area contributed by atoms with Crippen LogP contribution < -0.4 is 10.2 Å². The number of allylic oxidation sites excluding steroid dienone is 1. The maximum atomic E-state index is 12.5. The Kier molecular flexibility index (Phi) is 6.97. The number of methoxy groups -OCH3 is 1. The molecule has 3 rings (SSSR count). The first-order valence-electron chi connectivity index (χ1n) is 8.67. The summed E-state index contributed by atoms with van der Waals surface area (Å²) in [4.78, 5) is 12.5. The summed E-state index contributed by atoms with van der Waals surface area (Å²) in [5.74, 6) is 0.457. The molecule has 5 heteroatoms. The van der Waals surface area contributed by atoms with E-state index < -0.39 is 0 Å². The minimum Gasteiger partial charge on any atom is -0.496 e. The summed E-state index contributed by atoms with van der Waals surface area (Å²) in [7, 11) is 1.60. The van der Waals surface area contributed by atoms with Gasteiger partial charge in [-0.2, -0.15) is 5.10 Å². The van der Waals surface area contributed by atoms with E-state index in [1.807, 2.05) is 72.8 Å². The molecule has 0 aliphatic heterocycles. The molecule has 1 N–H and O–H groups in total. The lowest BCUT2D eigenvalue weighted by atomic mass is 10.1. The molecule has 0 aliphatic carbocycles. The maximum absolute atomic E-state index is 12.5. The molecule has 0 unspecified atom stereocenters. The topological polar surface area (TPSA) is 50.7 Å². The summed E-state index contributed by atoms with van der Waals surface area (Å²) >= 11 is 2.14. The Morgan fingerprint density at radius 2 is 1.64 bits per heavy atom. The number of ether oxygens (including phenoxy) is 1. The minimum absolute atomic E-state index is 0.276. The summed E-state index contributed by atoms with van der Waals surface area (Å²) in [5.41, 5.74) is 5.81. The molecule has 0 saturated carbocycles. The van der Waals surface area contributed by atoms with Crippen molar-refractivity contribution in [1.82, 2.24) is 5.43 Å². The largest absolute Gasteiger partial charge is 0.496 e. The third-order valence-corrected chi connectivity index (χ3v) is 4.84. The quantitative estimate of drug-likeness (QED) is 0.300. The molecule has 0 aliphatic rings. The molecule has 4 nitrogen and oxygen atoms in total. The summed E-state index contributed by atoms with van der Waals surface area (Å²) in [6.45, 7) is 0. The van der Waals surface area contributed by atoms with E-state index in [1.165, 1.54) is 0 Å². The molecule has 0 fully saturated rings. The van der Waals surface area contributed by atoms with Crippen molar-refractivity contribution >= 4 is 40.3 Å². The van der Waals surface area contributed by atoms with Crippen LogP contribution in [0, 0.1) is 3.57 Å². The van der Waals surface area contributed by atoms with Crippen LogP contribution in [0.3, 0.4) is 0 Å². The van der Waals surface area contributed by atoms with Crippen molar-refractivity contribution in [3.63, 3.8) is 0 Å². The van der Waals surface area contributed by atoms with Crippen LogP contribution in [0.5, 0.6) is 5.75 Å². The third kappa shape index (κ3) is 5.29. The number of hydrogen-bond acceptors (Lipinski definition) is 3. The van der Waals surface area contributed by atoms with E-state index in [9.17, 15) is 4.79 Å². The lowest BCUT2D eigenvalue weighted by molar-refractivity contribution is 0.0955. The van der Waals surface area contributed by atoms with Gasteiger partial charge in [-0.3, -0.25) is 4.79 Å². The molecule has 0 heterocycles. The van der Waals surface area contributed by atoms with Crippen LogP contribution in [0.2, 0.25) is 0 Å². The van der Waals surface area contributed by atoms with Gasteiger partial charge in [-0.25, -0.2) is 5.43 Å². The van der Waals surface area contributed by atoms with Gasteiger partial charge in [0.1, 0.15) is 5.75 Å². The Balaban J connectivity index is 1.83. The molecule has 28 heavy (non-hydrogen) atoms. The molecular formula is C23H19IN2O2. The normalized spacial score (nSPS) is 11.4. The number of rotatable bonds is 6. The molecule has 0 aromatic heterocycles. The highest BCUT2D eigenvalue weighted by atomic mass is 127. The zero-order valence-electron chi connectivity index (χ0n) is 15.3. The van der Waals surface area contributed by atoms with E-state index in [1.54, 1.807) is 25.3 Å². The molecule has 3 aromatic rings. The van der Waals surface area contributed by atoms with Crippen molar-refractivity contribution in [2.75, 3.05) is 7.11 Å². The third-order valence-electron chi connectivity index (χ3n) is 3.99. The van der Waals surface area contributed by atoms with Gasteiger partial charge in [0.15, 0.2) is 0 Å². The van der Waals surface area contributed by atoms with Crippen molar-refractivity contribution in [2.45, 2.75) is 0 Å². The highest BCUT2D eigenvalue weighted by Gasteiger charge is 2.09. The van der Waals surface area contributed by atoms with E-state index in [0.717, 1.165) is 20.4 Å². The zero-order valence-corrected chi connectivity index (χ0v) is 17.5. The Morgan fingerprint density at radius 3 is 2.29 bits per heavy atom. The van der Waals surface area contributed by atoms with Gasteiger partial charge in [0.05, 0.1) is 16.4 Å². The first kappa shape index (κ1) is 19.8. The second-order valence-electron chi connectivity index (χ2n) is 5.90. The summed E-state index contributed by atoms with van der Waals surface area (Å²) in [5, 5.41) is 4.35. The highest BCUT2D eigenvalue weighted by molar-refractivity contribution is 14.1. The number of amides is 1. The van der Waals surface area contributed by atoms with Crippen molar-refractivity contribution in [1.29, 1.82) is 0 Å². The molecule has 140 valence electrons. The average molecular weight is 482 g/mol. The van der Waals surface area contributed by atoms with Crippen LogP contribution in [-0.2, 0) is 0 Å². The van der Waals surface area contributed by atoms with Gasteiger partial charge in [-0.05, 0) is 52.4 Å². The molecule has 0 bridgehead atoms. The summed E-state index contributed by atoms with van der Waals surface area (Å²) < 4.78 is 6.10. The van der Waals surface area contributed by atoms with E-state index in [-0.39, 0.29) is 5.91 Å². The van der Waals surface area contributed by atoms with E-state index >= 15 is 0 Å². The number of carbonyl (C=O) groups is 1. The maximum Gasteiger partial charge on any atom is 0.271 e. The summed E-state index contributed by atoms with van der Waals surface area (Å²) in [6.07, 6.45) is 3.86. The van der Waals surface area contributed by atoms with Gasteiger partial charge >= 0.3 is 0 Å². The highest BCUT2D eigenvalue weighted by Crippen LogP contribution is 2.21. The van der Waals surface area contributed by atoms with Crippen LogP contribution >= 0.6 is 22.6 Å². The number of nitrogens with one attached hydrogen (secondary N) is 1. The van der Waals surface area contributed by atoms with Gasteiger partial charge in [-0.1, -0.05) is 66.7 Å². The fourth-order valence-corrected chi connectivity index (χ4v) is 3.26. The smallest absolute Gasteiger partial charge is 0.271 e. The number of nitrogens with zero attached hydrogens (tertiary/aromatic N) is 1.